The first-order valence-corrected chi connectivity index (χ1v) is 6.31. The molecule has 1 aliphatic carbocycles. The molecule has 96 valence electrons. The van der Waals surface area contributed by atoms with Gasteiger partial charge in [0.05, 0.1) is 6.10 Å². The Hall–Kier alpha value is -1.62. The molecule has 18 heavy (non-hydrogen) atoms. The number of fused-ring (bicyclic) bond motifs is 1. The summed E-state index contributed by atoms with van der Waals surface area (Å²) in [5, 5.41) is 13.8. The van der Waals surface area contributed by atoms with E-state index in [1.807, 2.05) is 13.8 Å². The van der Waals surface area contributed by atoms with Gasteiger partial charge in [-0.05, 0) is 39.2 Å². The highest BCUT2D eigenvalue weighted by Crippen LogP contribution is 2.32. The topological polar surface area (TPSA) is 64.1 Å². The highest BCUT2D eigenvalue weighted by Gasteiger charge is 2.23. The lowest BCUT2D eigenvalue weighted by molar-refractivity contribution is 0.155. The summed E-state index contributed by atoms with van der Waals surface area (Å²) in [5.41, 5.74) is 3.41. The van der Waals surface area contributed by atoms with Crippen molar-refractivity contribution in [1.82, 2.24) is 14.7 Å². The molecule has 2 aromatic rings. The number of nitrogens with zero attached hydrogens (tertiary/aromatic N) is 3. The normalized spacial score (nSPS) is 18.9. The van der Waals surface area contributed by atoms with Crippen molar-refractivity contribution in [2.75, 3.05) is 0 Å². The van der Waals surface area contributed by atoms with Crippen LogP contribution in [0.1, 0.15) is 47.6 Å². The summed E-state index contributed by atoms with van der Waals surface area (Å²) in [6.45, 7) is 4.46. The highest BCUT2D eigenvalue weighted by atomic mass is 16.5. The fourth-order valence-electron chi connectivity index (χ4n) is 2.70. The Labute approximate surface area is 105 Å². The second-order valence-electron chi connectivity index (χ2n) is 4.92. The smallest absolute Gasteiger partial charge is 0.246 e. The van der Waals surface area contributed by atoms with Gasteiger partial charge in [0.1, 0.15) is 6.54 Å². The van der Waals surface area contributed by atoms with E-state index in [1.54, 1.807) is 0 Å². The van der Waals surface area contributed by atoms with Crippen molar-refractivity contribution in [3.8, 4) is 0 Å². The van der Waals surface area contributed by atoms with E-state index in [2.05, 4.69) is 20.8 Å². The Morgan fingerprint density at radius 3 is 3.06 bits per heavy atom. The van der Waals surface area contributed by atoms with Crippen LogP contribution in [-0.2, 0) is 13.0 Å². The fourth-order valence-corrected chi connectivity index (χ4v) is 2.70. The van der Waals surface area contributed by atoms with Crippen LogP contribution in [0.4, 0.5) is 0 Å². The average Bonchev–Trinajstić information content (AvgIpc) is 2.87. The standard InChI is InChI=1S/C13H17N3O2/c1-8-6-10-11(4-3-5-12(10)17)16(8)7-13-14-9(2)15-18-13/h6,12,17H,3-5,7H2,1-2H3. The monoisotopic (exact) mass is 247 g/mol. The summed E-state index contributed by atoms with van der Waals surface area (Å²) >= 11 is 0. The predicted molar refractivity (Wildman–Crippen MR) is 65.2 cm³/mol. The zero-order valence-corrected chi connectivity index (χ0v) is 10.7. The number of hydrogen-bond donors (Lipinski definition) is 1. The van der Waals surface area contributed by atoms with E-state index in [4.69, 9.17) is 4.52 Å². The molecule has 1 aliphatic rings. The third kappa shape index (κ3) is 1.84. The van der Waals surface area contributed by atoms with Gasteiger partial charge in [-0.15, -0.1) is 0 Å². The van der Waals surface area contributed by atoms with Crippen LogP contribution in [0.15, 0.2) is 10.6 Å². The Kier molecular flexibility index (Phi) is 2.70. The molecule has 2 heterocycles. The first kappa shape index (κ1) is 11.5. The van der Waals surface area contributed by atoms with Crippen LogP contribution in [0.25, 0.3) is 0 Å². The Bertz CT molecular complexity index is 571. The van der Waals surface area contributed by atoms with Crippen molar-refractivity contribution in [2.24, 2.45) is 0 Å². The first-order valence-electron chi connectivity index (χ1n) is 6.31. The van der Waals surface area contributed by atoms with E-state index >= 15 is 0 Å². The molecule has 2 aromatic heterocycles. The third-order valence-corrected chi connectivity index (χ3v) is 3.56. The zero-order chi connectivity index (χ0) is 12.7. The molecular weight excluding hydrogens is 230 g/mol. The molecule has 0 aromatic carbocycles. The van der Waals surface area contributed by atoms with Crippen molar-refractivity contribution in [2.45, 2.75) is 45.8 Å². The van der Waals surface area contributed by atoms with Crippen molar-refractivity contribution < 1.29 is 9.63 Å². The quantitative estimate of drug-likeness (QED) is 0.880. The molecule has 0 saturated carbocycles. The van der Waals surface area contributed by atoms with Gasteiger partial charge in [0.25, 0.3) is 0 Å². The van der Waals surface area contributed by atoms with E-state index in [1.165, 1.54) is 5.69 Å². The molecule has 0 radical (unpaired) electrons. The van der Waals surface area contributed by atoms with Crippen LogP contribution >= 0.6 is 0 Å². The van der Waals surface area contributed by atoms with Crippen LogP contribution in [0.5, 0.6) is 0 Å². The number of aliphatic hydroxyl groups excluding tert-OH is 1. The van der Waals surface area contributed by atoms with E-state index in [0.29, 0.717) is 18.3 Å². The summed E-state index contributed by atoms with van der Waals surface area (Å²) < 4.78 is 7.34. The first-order chi connectivity index (χ1) is 8.65. The third-order valence-electron chi connectivity index (χ3n) is 3.56. The van der Waals surface area contributed by atoms with Gasteiger partial charge >= 0.3 is 0 Å². The van der Waals surface area contributed by atoms with Crippen molar-refractivity contribution in [3.63, 3.8) is 0 Å². The maximum atomic E-state index is 10.0. The molecule has 0 spiro atoms. The van der Waals surface area contributed by atoms with Gasteiger partial charge in [-0.2, -0.15) is 4.98 Å². The fraction of sp³-hybridized carbons (Fsp3) is 0.538. The van der Waals surface area contributed by atoms with Gasteiger partial charge in [0.2, 0.25) is 5.89 Å². The average molecular weight is 247 g/mol. The van der Waals surface area contributed by atoms with Crippen LogP contribution < -0.4 is 0 Å². The van der Waals surface area contributed by atoms with Gasteiger partial charge < -0.3 is 14.2 Å². The van der Waals surface area contributed by atoms with Crippen LogP contribution in [-0.4, -0.2) is 19.8 Å². The molecule has 5 heteroatoms. The minimum Gasteiger partial charge on any atom is -0.388 e. The van der Waals surface area contributed by atoms with Gasteiger partial charge in [-0.25, -0.2) is 0 Å². The second-order valence-corrected chi connectivity index (χ2v) is 4.92. The van der Waals surface area contributed by atoms with Crippen LogP contribution in [0.3, 0.4) is 0 Å². The lowest BCUT2D eigenvalue weighted by Gasteiger charge is -2.19. The van der Waals surface area contributed by atoms with Gasteiger partial charge in [0, 0.05) is 17.0 Å². The number of hydrogen-bond acceptors (Lipinski definition) is 4. The summed E-state index contributed by atoms with van der Waals surface area (Å²) in [6.07, 6.45) is 2.57. The predicted octanol–water partition coefficient (Wildman–Crippen LogP) is 1.91. The Balaban J connectivity index is 1.97. The summed E-state index contributed by atoms with van der Waals surface area (Å²) in [7, 11) is 0. The molecule has 1 N–H and O–H groups in total. The van der Waals surface area contributed by atoms with Crippen molar-refractivity contribution in [1.29, 1.82) is 0 Å². The second kappa shape index (κ2) is 4.24. The Morgan fingerprint density at radius 1 is 1.50 bits per heavy atom. The van der Waals surface area contributed by atoms with E-state index in [9.17, 15) is 5.11 Å². The lowest BCUT2D eigenvalue weighted by Crippen LogP contribution is -2.13. The van der Waals surface area contributed by atoms with Crippen LogP contribution in [0, 0.1) is 13.8 Å². The SMILES string of the molecule is Cc1noc(Cn2c(C)cc3c2CCCC3O)n1. The summed E-state index contributed by atoms with van der Waals surface area (Å²) in [5.74, 6) is 1.28. The zero-order valence-electron chi connectivity index (χ0n) is 10.7. The molecule has 1 atom stereocenters. The van der Waals surface area contributed by atoms with E-state index in [0.717, 1.165) is 30.5 Å². The van der Waals surface area contributed by atoms with Gasteiger partial charge in [0.15, 0.2) is 5.82 Å². The maximum Gasteiger partial charge on any atom is 0.246 e. The lowest BCUT2D eigenvalue weighted by atomic mass is 9.95. The summed E-state index contributed by atoms with van der Waals surface area (Å²) in [6, 6.07) is 2.07. The molecular formula is C13H17N3O2. The summed E-state index contributed by atoms with van der Waals surface area (Å²) in [4.78, 5) is 4.23. The van der Waals surface area contributed by atoms with Crippen LogP contribution in [0.2, 0.25) is 0 Å². The molecule has 0 aliphatic heterocycles. The van der Waals surface area contributed by atoms with Gasteiger partial charge in [-0.1, -0.05) is 5.16 Å². The van der Waals surface area contributed by atoms with Crippen molar-refractivity contribution >= 4 is 0 Å². The highest BCUT2D eigenvalue weighted by molar-refractivity contribution is 5.32. The molecule has 1 unspecified atom stereocenters. The Morgan fingerprint density at radius 2 is 2.33 bits per heavy atom. The number of aliphatic hydroxyl groups is 1. The molecule has 0 fully saturated rings. The van der Waals surface area contributed by atoms with E-state index < -0.39 is 0 Å². The van der Waals surface area contributed by atoms with E-state index in [-0.39, 0.29) is 6.10 Å². The molecule has 5 nitrogen and oxygen atoms in total. The molecule has 3 rings (SSSR count). The number of aromatic nitrogens is 3. The minimum atomic E-state index is -0.321. The minimum absolute atomic E-state index is 0.321. The maximum absolute atomic E-state index is 10.0. The molecule has 0 bridgehead atoms. The molecule has 0 saturated heterocycles. The largest absolute Gasteiger partial charge is 0.388 e. The number of rotatable bonds is 2. The number of aryl methyl sites for hydroxylation is 2. The van der Waals surface area contributed by atoms with Gasteiger partial charge in [-0.3, -0.25) is 0 Å². The molecule has 0 amide bonds. The van der Waals surface area contributed by atoms with Crippen molar-refractivity contribution in [3.05, 3.63) is 34.7 Å².